The average Bonchev–Trinajstić information content (AvgIpc) is 2.52. The zero-order valence-electron chi connectivity index (χ0n) is 15.1. The zero-order chi connectivity index (χ0) is 17.7. The van der Waals surface area contributed by atoms with Crippen LogP contribution in [0.2, 0.25) is 0 Å². The number of nitrogens with zero attached hydrogens (tertiary/aromatic N) is 2. The van der Waals surface area contributed by atoms with E-state index in [1.54, 1.807) is 13.0 Å². The Hall–Kier alpha value is -2.43. The molecule has 0 saturated heterocycles. The predicted octanol–water partition coefficient (Wildman–Crippen LogP) is 4.04. The van der Waals surface area contributed by atoms with Crippen LogP contribution in [0.1, 0.15) is 55.5 Å². The van der Waals surface area contributed by atoms with E-state index in [2.05, 4.69) is 60.4 Å². The highest BCUT2D eigenvalue weighted by atomic mass is 16.1. The van der Waals surface area contributed by atoms with Gasteiger partial charge in [-0.05, 0) is 36.5 Å². The molecule has 0 fully saturated rings. The molecule has 0 spiro atoms. The van der Waals surface area contributed by atoms with Gasteiger partial charge in [-0.25, -0.2) is 9.97 Å². The molecule has 1 aromatic heterocycles. The first kappa shape index (κ1) is 17.9. The van der Waals surface area contributed by atoms with Crippen molar-refractivity contribution < 1.29 is 4.79 Å². The summed E-state index contributed by atoms with van der Waals surface area (Å²) < 4.78 is 0. The molecule has 5 heteroatoms. The van der Waals surface area contributed by atoms with Crippen LogP contribution in [-0.4, -0.2) is 22.4 Å². The number of carbonyl (C=O) groups is 1. The fourth-order valence-electron chi connectivity index (χ4n) is 2.23. The van der Waals surface area contributed by atoms with E-state index in [0.29, 0.717) is 35.7 Å². The number of aromatic nitrogens is 2. The van der Waals surface area contributed by atoms with Gasteiger partial charge in [0, 0.05) is 18.3 Å². The van der Waals surface area contributed by atoms with Crippen molar-refractivity contribution in [1.82, 2.24) is 15.3 Å². The van der Waals surface area contributed by atoms with Crippen molar-refractivity contribution in [1.29, 1.82) is 0 Å². The quantitative estimate of drug-likeness (QED) is 0.841. The number of benzene rings is 1. The first-order valence-electron chi connectivity index (χ1n) is 8.36. The molecule has 2 N–H and O–H groups in total. The third-order valence-corrected chi connectivity index (χ3v) is 3.59. The number of anilines is 2. The number of carbonyl (C=O) groups excluding carboxylic acids is 1. The number of aryl methyl sites for hydroxylation is 1. The molecule has 2 aromatic rings. The highest BCUT2D eigenvalue weighted by Gasteiger charge is 2.11. The Morgan fingerprint density at radius 3 is 2.33 bits per heavy atom. The molecule has 5 nitrogen and oxygen atoms in total. The van der Waals surface area contributed by atoms with Crippen molar-refractivity contribution >= 4 is 17.4 Å². The Morgan fingerprint density at radius 2 is 1.75 bits per heavy atom. The Labute approximate surface area is 143 Å². The van der Waals surface area contributed by atoms with Crippen molar-refractivity contribution in [3.05, 3.63) is 47.4 Å². The van der Waals surface area contributed by atoms with Crippen LogP contribution >= 0.6 is 0 Å². The van der Waals surface area contributed by atoms with E-state index in [1.165, 1.54) is 5.56 Å². The lowest BCUT2D eigenvalue weighted by molar-refractivity contribution is 0.0943. The van der Waals surface area contributed by atoms with Crippen molar-refractivity contribution in [3.8, 4) is 0 Å². The smallest absolute Gasteiger partial charge is 0.270 e. The molecule has 0 aliphatic rings. The molecular formula is C19H26N4O. The molecule has 128 valence electrons. The summed E-state index contributed by atoms with van der Waals surface area (Å²) in [7, 11) is 0. The first-order valence-corrected chi connectivity index (χ1v) is 8.36. The fourth-order valence-corrected chi connectivity index (χ4v) is 2.23. The van der Waals surface area contributed by atoms with Crippen LogP contribution in [0.15, 0.2) is 30.3 Å². The highest BCUT2D eigenvalue weighted by molar-refractivity contribution is 5.93. The lowest BCUT2D eigenvalue weighted by Crippen LogP contribution is -2.28. The molecule has 2 rings (SSSR count). The number of hydrogen-bond donors (Lipinski definition) is 2. The van der Waals surface area contributed by atoms with Gasteiger partial charge >= 0.3 is 0 Å². The largest absolute Gasteiger partial charge is 0.350 e. The monoisotopic (exact) mass is 326 g/mol. The van der Waals surface area contributed by atoms with Crippen LogP contribution in [0.5, 0.6) is 0 Å². The van der Waals surface area contributed by atoms with Gasteiger partial charge in [0.25, 0.3) is 5.91 Å². The van der Waals surface area contributed by atoms with Gasteiger partial charge < -0.3 is 10.6 Å². The van der Waals surface area contributed by atoms with E-state index in [4.69, 9.17) is 0 Å². The van der Waals surface area contributed by atoms with Crippen LogP contribution in [0, 0.1) is 12.8 Å². The molecule has 1 aromatic carbocycles. The molecule has 1 heterocycles. The summed E-state index contributed by atoms with van der Waals surface area (Å²) in [6.07, 6.45) is 0. The van der Waals surface area contributed by atoms with E-state index in [1.807, 2.05) is 12.1 Å². The van der Waals surface area contributed by atoms with Crippen LogP contribution in [0.3, 0.4) is 0 Å². The lowest BCUT2D eigenvalue weighted by Gasteiger charge is -2.11. The molecule has 0 bridgehead atoms. The topological polar surface area (TPSA) is 66.9 Å². The normalized spacial score (nSPS) is 11.0. The zero-order valence-corrected chi connectivity index (χ0v) is 15.1. The molecule has 1 amide bonds. The number of rotatable bonds is 6. The Morgan fingerprint density at radius 1 is 1.08 bits per heavy atom. The summed E-state index contributed by atoms with van der Waals surface area (Å²) in [5.41, 5.74) is 2.60. The van der Waals surface area contributed by atoms with Crippen LogP contribution in [0.4, 0.5) is 11.5 Å². The SMILES string of the molecule is Cc1nc(Nc2ccc(C(C)C)cc2)cc(C(=O)NCC(C)C)n1. The number of nitrogens with one attached hydrogen (secondary N) is 2. The Bertz CT molecular complexity index is 693. The van der Waals surface area contributed by atoms with Crippen molar-refractivity contribution in [2.24, 2.45) is 5.92 Å². The second kappa shape index (κ2) is 7.90. The standard InChI is InChI=1S/C19H26N4O/c1-12(2)11-20-19(24)17-10-18(22-14(5)21-17)23-16-8-6-15(7-9-16)13(3)4/h6-10,12-13H,11H2,1-5H3,(H,20,24)(H,21,22,23). The molecule has 0 aliphatic heterocycles. The van der Waals surface area contributed by atoms with Gasteiger partial charge in [-0.1, -0.05) is 39.8 Å². The van der Waals surface area contributed by atoms with Crippen molar-refractivity contribution in [3.63, 3.8) is 0 Å². The van der Waals surface area contributed by atoms with Crippen molar-refractivity contribution in [2.45, 2.75) is 40.5 Å². The minimum absolute atomic E-state index is 0.174. The average molecular weight is 326 g/mol. The van der Waals surface area contributed by atoms with Gasteiger partial charge in [-0.2, -0.15) is 0 Å². The lowest BCUT2D eigenvalue weighted by atomic mass is 10.0. The summed E-state index contributed by atoms with van der Waals surface area (Å²) >= 11 is 0. The maximum atomic E-state index is 12.2. The predicted molar refractivity (Wildman–Crippen MR) is 97.8 cm³/mol. The Balaban J connectivity index is 2.14. The van der Waals surface area contributed by atoms with Gasteiger partial charge in [0.05, 0.1) is 0 Å². The molecular weight excluding hydrogens is 300 g/mol. The molecule has 0 unspecified atom stereocenters. The molecule has 0 radical (unpaired) electrons. The third kappa shape index (κ3) is 5.05. The Kier molecular flexibility index (Phi) is 5.90. The molecule has 0 atom stereocenters. The summed E-state index contributed by atoms with van der Waals surface area (Å²) in [5.74, 6) is 1.90. The van der Waals surface area contributed by atoms with Gasteiger partial charge in [0.15, 0.2) is 0 Å². The number of hydrogen-bond acceptors (Lipinski definition) is 4. The summed E-state index contributed by atoms with van der Waals surface area (Å²) in [6, 6.07) is 9.91. The van der Waals surface area contributed by atoms with E-state index in [0.717, 1.165) is 5.69 Å². The van der Waals surface area contributed by atoms with E-state index < -0.39 is 0 Å². The second-order valence-electron chi connectivity index (χ2n) is 6.69. The summed E-state index contributed by atoms with van der Waals surface area (Å²) in [4.78, 5) is 20.8. The number of amides is 1. The third-order valence-electron chi connectivity index (χ3n) is 3.59. The molecule has 24 heavy (non-hydrogen) atoms. The van der Waals surface area contributed by atoms with Crippen molar-refractivity contribution in [2.75, 3.05) is 11.9 Å². The minimum Gasteiger partial charge on any atom is -0.350 e. The summed E-state index contributed by atoms with van der Waals surface area (Å²) in [5, 5.41) is 6.12. The first-order chi connectivity index (χ1) is 11.3. The van der Waals surface area contributed by atoms with Gasteiger partial charge in [0.1, 0.15) is 17.3 Å². The van der Waals surface area contributed by atoms with Gasteiger partial charge in [0.2, 0.25) is 0 Å². The molecule has 0 saturated carbocycles. The second-order valence-corrected chi connectivity index (χ2v) is 6.69. The highest BCUT2D eigenvalue weighted by Crippen LogP contribution is 2.20. The maximum Gasteiger partial charge on any atom is 0.270 e. The fraction of sp³-hybridized carbons (Fsp3) is 0.421. The van der Waals surface area contributed by atoms with E-state index in [9.17, 15) is 4.79 Å². The van der Waals surface area contributed by atoms with Crippen LogP contribution < -0.4 is 10.6 Å². The van der Waals surface area contributed by atoms with Crippen LogP contribution in [0.25, 0.3) is 0 Å². The van der Waals surface area contributed by atoms with E-state index >= 15 is 0 Å². The molecule has 0 aliphatic carbocycles. The van der Waals surface area contributed by atoms with E-state index in [-0.39, 0.29) is 5.91 Å². The minimum atomic E-state index is -0.174. The van der Waals surface area contributed by atoms with Crippen LogP contribution in [-0.2, 0) is 0 Å². The summed E-state index contributed by atoms with van der Waals surface area (Å²) in [6.45, 7) is 10.8. The maximum absolute atomic E-state index is 12.2. The van der Waals surface area contributed by atoms with Gasteiger partial charge in [-0.3, -0.25) is 4.79 Å². The van der Waals surface area contributed by atoms with Gasteiger partial charge in [-0.15, -0.1) is 0 Å².